The van der Waals surface area contributed by atoms with Gasteiger partial charge in [-0.2, -0.15) is 0 Å². The number of anilines is 4. The van der Waals surface area contributed by atoms with Crippen molar-refractivity contribution in [3.63, 3.8) is 0 Å². The van der Waals surface area contributed by atoms with Gasteiger partial charge in [-0.15, -0.1) is 20.4 Å². The van der Waals surface area contributed by atoms with Crippen molar-refractivity contribution in [3.8, 4) is 0 Å². The van der Waals surface area contributed by atoms with Gasteiger partial charge in [0, 0.05) is 20.3 Å². The smallest absolute Gasteiger partial charge is 0.233 e. The summed E-state index contributed by atoms with van der Waals surface area (Å²) in [6, 6.07) is 12.2. The van der Waals surface area contributed by atoms with Crippen LogP contribution in [-0.2, 0) is 19.4 Å². The number of ether oxygens (including phenoxy) is 1. The van der Waals surface area contributed by atoms with Crippen molar-refractivity contribution in [1.82, 2.24) is 20.4 Å². The molecule has 204 valence electrons. The van der Waals surface area contributed by atoms with E-state index in [9.17, 15) is 13.2 Å². The molecule has 2 aliphatic heterocycles. The number of fused-ring (bicyclic) bond motifs is 2. The molecule has 39 heavy (non-hydrogen) atoms. The van der Waals surface area contributed by atoms with Gasteiger partial charge < -0.3 is 15.4 Å². The number of nitrogens with two attached hydrogens (primary N) is 1. The maximum Gasteiger partial charge on any atom is 0.233 e. The molecule has 1 amide bonds. The van der Waals surface area contributed by atoms with Crippen LogP contribution in [0.1, 0.15) is 30.7 Å². The number of amides is 1. The number of hydrogen-bond acceptors (Lipinski definition) is 12. The summed E-state index contributed by atoms with van der Waals surface area (Å²) in [5, 5.41) is 18.5. The molecule has 4 aromatic rings. The van der Waals surface area contributed by atoms with Gasteiger partial charge in [-0.25, -0.2) is 8.42 Å². The first-order valence-electron chi connectivity index (χ1n) is 12.2. The number of benzene rings is 2. The number of sulfone groups is 1. The van der Waals surface area contributed by atoms with Gasteiger partial charge in [-0.05, 0) is 55.0 Å². The Morgan fingerprint density at radius 1 is 1.08 bits per heavy atom. The van der Waals surface area contributed by atoms with E-state index in [1.54, 1.807) is 41.4 Å². The maximum absolute atomic E-state index is 13.3. The Morgan fingerprint density at radius 3 is 2.46 bits per heavy atom. The standard InChI is InChI=1S/C23H24N4O4S2.C2H3N3S/c1-27-18-4-2-3-5-20(18)33(29,30)21-7-6-16(13-19(21)27)17(12-15-8-10-31-11-9-15)22(28)25-23-26-24-14-32-23;3-2-5-4-1-6-2/h2-7,13-15,17H,8-12H2,1H3,(H,25,26,28);1H,(H2,3,5). The lowest BCUT2D eigenvalue weighted by Gasteiger charge is -2.31. The van der Waals surface area contributed by atoms with E-state index in [0.717, 1.165) is 18.4 Å². The number of aromatic nitrogens is 4. The number of carbonyl (C=O) groups excluding carboxylic acids is 1. The van der Waals surface area contributed by atoms with Crippen LogP contribution in [0.25, 0.3) is 0 Å². The lowest BCUT2D eigenvalue weighted by molar-refractivity contribution is -0.118. The van der Waals surface area contributed by atoms with E-state index in [1.165, 1.54) is 22.7 Å². The SMILES string of the molecule is CN1c2ccccc2S(=O)(=O)c2ccc(C(CC3CCOCC3)C(=O)Nc3nncs3)cc21.Nc1nncs1. The third-order valence-corrected chi connectivity index (χ3v) is 9.72. The van der Waals surface area contributed by atoms with Crippen molar-refractivity contribution < 1.29 is 17.9 Å². The molecule has 3 N–H and O–H groups in total. The van der Waals surface area contributed by atoms with E-state index in [2.05, 4.69) is 25.7 Å². The van der Waals surface area contributed by atoms with Crippen molar-refractivity contribution in [1.29, 1.82) is 0 Å². The molecule has 0 spiro atoms. The Balaban J connectivity index is 0.000000455. The third kappa shape index (κ3) is 5.93. The Bertz CT molecular complexity index is 1520. The fraction of sp³-hybridized carbons (Fsp3) is 0.320. The third-order valence-electron chi connectivity index (χ3n) is 6.75. The normalized spacial score (nSPS) is 16.8. The molecule has 2 aromatic heterocycles. The highest BCUT2D eigenvalue weighted by Crippen LogP contribution is 2.44. The minimum absolute atomic E-state index is 0.167. The van der Waals surface area contributed by atoms with Crippen LogP contribution < -0.4 is 16.0 Å². The number of nitrogens with one attached hydrogen (secondary N) is 1. The minimum Gasteiger partial charge on any atom is -0.381 e. The molecule has 0 bridgehead atoms. The van der Waals surface area contributed by atoms with E-state index in [0.29, 0.717) is 52.1 Å². The van der Waals surface area contributed by atoms with Crippen LogP contribution in [0.3, 0.4) is 0 Å². The van der Waals surface area contributed by atoms with Gasteiger partial charge in [0.05, 0.1) is 27.1 Å². The number of para-hydroxylation sites is 1. The Hall–Kier alpha value is -3.46. The molecule has 0 aliphatic carbocycles. The second-order valence-corrected chi connectivity index (χ2v) is 12.7. The van der Waals surface area contributed by atoms with Crippen LogP contribution in [0.15, 0.2) is 63.3 Å². The molecule has 4 heterocycles. The predicted octanol–water partition coefficient (Wildman–Crippen LogP) is 4.11. The van der Waals surface area contributed by atoms with Gasteiger partial charge in [0.1, 0.15) is 11.0 Å². The molecule has 1 unspecified atom stereocenters. The highest BCUT2D eigenvalue weighted by molar-refractivity contribution is 7.92. The average Bonchev–Trinajstić information content (AvgIpc) is 3.65. The number of carbonyl (C=O) groups is 1. The minimum atomic E-state index is -3.64. The van der Waals surface area contributed by atoms with Gasteiger partial charge in [-0.3, -0.25) is 10.1 Å². The van der Waals surface area contributed by atoms with Crippen molar-refractivity contribution in [3.05, 3.63) is 59.0 Å². The van der Waals surface area contributed by atoms with Crippen molar-refractivity contribution >= 4 is 60.1 Å². The zero-order valence-electron chi connectivity index (χ0n) is 21.1. The highest BCUT2D eigenvalue weighted by Gasteiger charge is 2.34. The second-order valence-electron chi connectivity index (χ2n) is 9.11. The fourth-order valence-corrected chi connectivity index (χ4v) is 7.20. The zero-order valence-corrected chi connectivity index (χ0v) is 23.5. The molecule has 0 radical (unpaired) electrons. The van der Waals surface area contributed by atoms with Crippen molar-refractivity contribution in [2.45, 2.75) is 35.0 Å². The van der Waals surface area contributed by atoms with Gasteiger partial charge in [-0.1, -0.05) is 40.9 Å². The average molecular weight is 586 g/mol. The molecule has 1 atom stereocenters. The molecule has 14 heteroatoms. The lowest BCUT2D eigenvalue weighted by atomic mass is 9.84. The van der Waals surface area contributed by atoms with Crippen LogP contribution in [0.4, 0.5) is 21.6 Å². The Labute approximate surface area is 234 Å². The molecular formula is C25H27N7O4S3. The van der Waals surface area contributed by atoms with Crippen molar-refractivity contribution in [2.24, 2.45) is 5.92 Å². The maximum atomic E-state index is 13.3. The van der Waals surface area contributed by atoms with Crippen LogP contribution in [0.2, 0.25) is 0 Å². The molecular weight excluding hydrogens is 559 g/mol. The summed E-state index contributed by atoms with van der Waals surface area (Å²) >= 11 is 2.60. The summed E-state index contributed by atoms with van der Waals surface area (Å²) in [7, 11) is -1.79. The van der Waals surface area contributed by atoms with Crippen LogP contribution in [0, 0.1) is 5.92 Å². The molecule has 2 aliphatic rings. The van der Waals surface area contributed by atoms with Gasteiger partial charge in [0.2, 0.25) is 26.0 Å². The topological polar surface area (TPSA) is 153 Å². The van der Waals surface area contributed by atoms with E-state index in [-0.39, 0.29) is 10.8 Å². The van der Waals surface area contributed by atoms with Gasteiger partial charge in [0.25, 0.3) is 0 Å². The zero-order chi connectivity index (χ0) is 27.4. The van der Waals surface area contributed by atoms with Crippen LogP contribution in [-0.4, -0.2) is 55.0 Å². The molecule has 6 rings (SSSR count). The molecule has 1 saturated heterocycles. The summed E-state index contributed by atoms with van der Waals surface area (Å²) in [5.74, 6) is -0.266. The van der Waals surface area contributed by atoms with Gasteiger partial charge in [0.15, 0.2) is 0 Å². The number of rotatable bonds is 5. The van der Waals surface area contributed by atoms with Crippen molar-refractivity contribution in [2.75, 3.05) is 36.2 Å². The van der Waals surface area contributed by atoms with Crippen LogP contribution >= 0.6 is 22.7 Å². The Kier molecular flexibility index (Phi) is 8.16. The summed E-state index contributed by atoms with van der Waals surface area (Å²) < 4.78 is 32.0. The molecule has 11 nitrogen and oxygen atoms in total. The Morgan fingerprint density at radius 2 is 1.79 bits per heavy atom. The quantitative estimate of drug-likeness (QED) is 0.350. The van der Waals surface area contributed by atoms with Crippen LogP contribution in [0.5, 0.6) is 0 Å². The largest absolute Gasteiger partial charge is 0.381 e. The summed E-state index contributed by atoms with van der Waals surface area (Å²) in [4.78, 5) is 15.7. The number of nitrogens with zero attached hydrogens (tertiary/aromatic N) is 5. The summed E-state index contributed by atoms with van der Waals surface area (Å²) in [6.45, 7) is 1.38. The first kappa shape index (κ1) is 27.1. The predicted molar refractivity (Wildman–Crippen MR) is 150 cm³/mol. The number of nitrogen functional groups attached to an aromatic ring is 1. The molecule has 2 aromatic carbocycles. The van der Waals surface area contributed by atoms with E-state index in [1.807, 2.05) is 24.1 Å². The first-order valence-corrected chi connectivity index (χ1v) is 15.5. The monoisotopic (exact) mass is 585 g/mol. The summed E-state index contributed by atoms with van der Waals surface area (Å²) in [6.07, 6.45) is 2.45. The van der Waals surface area contributed by atoms with Gasteiger partial charge >= 0.3 is 0 Å². The van der Waals surface area contributed by atoms with E-state index < -0.39 is 15.8 Å². The molecule has 1 fully saturated rings. The number of hydrogen-bond donors (Lipinski definition) is 2. The highest BCUT2D eigenvalue weighted by atomic mass is 32.2. The van der Waals surface area contributed by atoms with E-state index in [4.69, 9.17) is 10.5 Å². The summed E-state index contributed by atoms with van der Waals surface area (Å²) in [5.41, 5.74) is 10.3. The first-order chi connectivity index (χ1) is 18.8. The fourth-order valence-electron chi connectivity index (χ4n) is 4.76. The second kappa shape index (κ2) is 11.7. The molecule has 0 saturated carbocycles. The lowest BCUT2D eigenvalue weighted by Crippen LogP contribution is -2.27. The van der Waals surface area contributed by atoms with E-state index >= 15 is 0 Å².